The highest BCUT2D eigenvalue weighted by molar-refractivity contribution is 5.77. The van der Waals surface area contributed by atoms with E-state index in [2.05, 4.69) is 23.2 Å². The smallest absolute Gasteiger partial charge is 0.407 e. The number of nitrogens with one attached hydrogen (secondary N) is 1. The van der Waals surface area contributed by atoms with Crippen molar-refractivity contribution in [2.75, 3.05) is 13.7 Å². The largest absolute Gasteiger partial charge is 0.468 e. The molecule has 0 aliphatic heterocycles. The lowest BCUT2D eigenvalue weighted by atomic mass is 10.2. The third kappa shape index (κ3) is 7.05. The molecular formula is C13H17NO4. The first-order valence-electron chi connectivity index (χ1n) is 5.23. The topological polar surface area (TPSA) is 64.6 Å². The van der Waals surface area contributed by atoms with Gasteiger partial charge in [-0.15, -0.1) is 13.2 Å². The molecule has 5 heteroatoms. The van der Waals surface area contributed by atoms with E-state index in [0.717, 1.165) is 5.56 Å². The number of benzene rings is 1. The summed E-state index contributed by atoms with van der Waals surface area (Å²) in [4.78, 5) is 21.8. The first kappa shape index (κ1) is 15.7. The maximum absolute atomic E-state index is 11.1. The number of methoxy groups -OCH3 is 1. The van der Waals surface area contributed by atoms with Crippen molar-refractivity contribution >= 4 is 12.1 Å². The van der Waals surface area contributed by atoms with Crippen molar-refractivity contribution in [3.63, 3.8) is 0 Å². The minimum absolute atomic E-state index is 0.174. The number of esters is 1. The predicted octanol–water partition coefficient (Wildman–Crippen LogP) is 1.89. The van der Waals surface area contributed by atoms with Crippen LogP contribution in [0.2, 0.25) is 0 Å². The molecule has 98 valence electrons. The lowest BCUT2D eigenvalue weighted by Crippen LogP contribution is -2.30. The quantitative estimate of drug-likeness (QED) is 0.655. The Hall–Kier alpha value is -2.30. The summed E-state index contributed by atoms with van der Waals surface area (Å²) in [5.41, 5.74) is 0.885. The van der Waals surface area contributed by atoms with Crippen LogP contribution in [0.1, 0.15) is 5.56 Å². The predicted molar refractivity (Wildman–Crippen MR) is 67.9 cm³/mol. The van der Waals surface area contributed by atoms with Crippen LogP contribution in [0.4, 0.5) is 4.79 Å². The minimum Gasteiger partial charge on any atom is -0.468 e. The van der Waals surface area contributed by atoms with Crippen molar-refractivity contribution < 1.29 is 19.1 Å². The van der Waals surface area contributed by atoms with Gasteiger partial charge in [-0.05, 0) is 5.56 Å². The van der Waals surface area contributed by atoms with Gasteiger partial charge in [-0.3, -0.25) is 4.79 Å². The van der Waals surface area contributed by atoms with Gasteiger partial charge in [0, 0.05) is 0 Å². The third-order valence-electron chi connectivity index (χ3n) is 1.82. The average Bonchev–Trinajstić information content (AvgIpc) is 2.45. The van der Waals surface area contributed by atoms with Crippen molar-refractivity contribution in [3.05, 3.63) is 49.1 Å². The van der Waals surface area contributed by atoms with Gasteiger partial charge >= 0.3 is 12.1 Å². The van der Waals surface area contributed by atoms with E-state index in [1.54, 1.807) is 0 Å². The molecule has 0 fully saturated rings. The summed E-state index contributed by atoms with van der Waals surface area (Å²) in [6.45, 7) is 5.98. The molecule has 0 radical (unpaired) electrons. The highest BCUT2D eigenvalue weighted by Crippen LogP contribution is 2.00. The standard InChI is InChI=1S/C11H13NO4.C2H4/c1-15-10(13)7-12-11(14)16-8-9-5-3-2-4-6-9;1-2/h2-6H,7-8H2,1H3,(H,12,14);1-2H2. The van der Waals surface area contributed by atoms with Crippen LogP contribution in [0, 0.1) is 0 Å². The van der Waals surface area contributed by atoms with Gasteiger partial charge in [-0.1, -0.05) is 30.3 Å². The number of hydrogen-bond acceptors (Lipinski definition) is 4. The van der Waals surface area contributed by atoms with Crippen molar-refractivity contribution in [1.29, 1.82) is 0 Å². The van der Waals surface area contributed by atoms with E-state index < -0.39 is 12.1 Å². The molecule has 1 aromatic carbocycles. The second-order valence-corrected chi connectivity index (χ2v) is 2.99. The number of carbonyl (C=O) groups excluding carboxylic acids is 2. The Labute approximate surface area is 106 Å². The maximum atomic E-state index is 11.1. The summed E-state index contributed by atoms with van der Waals surface area (Å²) in [7, 11) is 1.25. The molecule has 5 nitrogen and oxygen atoms in total. The molecule has 0 saturated heterocycles. The fourth-order valence-corrected chi connectivity index (χ4v) is 0.991. The van der Waals surface area contributed by atoms with Crippen molar-refractivity contribution in [1.82, 2.24) is 5.32 Å². The Morgan fingerprint density at radius 2 is 1.83 bits per heavy atom. The molecule has 1 rings (SSSR count). The Balaban J connectivity index is 0.00000137. The second-order valence-electron chi connectivity index (χ2n) is 2.99. The van der Waals surface area contributed by atoms with Crippen LogP contribution in [-0.4, -0.2) is 25.7 Å². The van der Waals surface area contributed by atoms with Gasteiger partial charge in [0.25, 0.3) is 0 Å². The summed E-state index contributed by atoms with van der Waals surface area (Å²) in [5.74, 6) is -0.517. The zero-order valence-electron chi connectivity index (χ0n) is 10.3. The molecule has 1 aromatic rings. The Morgan fingerprint density at radius 1 is 1.22 bits per heavy atom. The lowest BCUT2D eigenvalue weighted by molar-refractivity contribution is -0.139. The number of rotatable bonds is 4. The first-order chi connectivity index (χ1) is 8.72. The van der Waals surface area contributed by atoms with E-state index in [1.165, 1.54) is 7.11 Å². The maximum Gasteiger partial charge on any atom is 0.407 e. The average molecular weight is 251 g/mol. The van der Waals surface area contributed by atoms with Crippen LogP contribution >= 0.6 is 0 Å². The van der Waals surface area contributed by atoms with Gasteiger partial charge in [0.2, 0.25) is 0 Å². The normalized spacial score (nSPS) is 8.50. The summed E-state index contributed by atoms with van der Waals surface area (Å²) < 4.78 is 9.22. The van der Waals surface area contributed by atoms with Gasteiger partial charge < -0.3 is 14.8 Å². The van der Waals surface area contributed by atoms with E-state index >= 15 is 0 Å². The van der Waals surface area contributed by atoms with E-state index in [1.807, 2.05) is 30.3 Å². The molecule has 18 heavy (non-hydrogen) atoms. The molecule has 0 heterocycles. The van der Waals surface area contributed by atoms with E-state index in [4.69, 9.17) is 4.74 Å². The number of alkyl carbamates (subject to hydrolysis) is 1. The molecule has 0 bridgehead atoms. The Kier molecular flexibility index (Phi) is 8.63. The summed E-state index contributed by atoms with van der Waals surface area (Å²) >= 11 is 0. The summed E-state index contributed by atoms with van der Waals surface area (Å²) in [6.07, 6.45) is -0.644. The molecular weight excluding hydrogens is 234 g/mol. The van der Waals surface area contributed by atoms with Crippen LogP contribution in [0.5, 0.6) is 0 Å². The van der Waals surface area contributed by atoms with Crippen LogP contribution in [-0.2, 0) is 20.9 Å². The van der Waals surface area contributed by atoms with Gasteiger partial charge in [0.1, 0.15) is 13.2 Å². The lowest BCUT2D eigenvalue weighted by Gasteiger charge is -2.05. The molecule has 0 aliphatic carbocycles. The highest BCUT2D eigenvalue weighted by Gasteiger charge is 2.05. The van der Waals surface area contributed by atoms with Crippen molar-refractivity contribution in [2.24, 2.45) is 0 Å². The molecule has 0 aromatic heterocycles. The monoisotopic (exact) mass is 251 g/mol. The summed E-state index contributed by atoms with van der Waals surface area (Å²) in [5, 5.41) is 2.27. The van der Waals surface area contributed by atoms with Crippen LogP contribution in [0.3, 0.4) is 0 Å². The van der Waals surface area contributed by atoms with E-state index in [9.17, 15) is 9.59 Å². The molecule has 0 saturated carbocycles. The van der Waals surface area contributed by atoms with Crippen molar-refractivity contribution in [2.45, 2.75) is 6.61 Å². The molecule has 0 aliphatic rings. The molecule has 0 unspecified atom stereocenters. The first-order valence-corrected chi connectivity index (χ1v) is 5.23. The van der Waals surface area contributed by atoms with Crippen LogP contribution in [0.15, 0.2) is 43.5 Å². The number of hydrogen-bond donors (Lipinski definition) is 1. The van der Waals surface area contributed by atoms with Gasteiger partial charge in [0.15, 0.2) is 0 Å². The van der Waals surface area contributed by atoms with Crippen molar-refractivity contribution in [3.8, 4) is 0 Å². The van der Waals surface area contributed by atoms with Crippen LogP contribution < -0.4 is 5.32 Å². The van der Waals surface area contributed by atoms with Crippen LogP contribution in [0.25, 0.3) is 0 Å². The van der Waals surface area contributed by atoms with Gasteiger partial charge in [-0.25, -0.2) is 4.79 Å². The molecule has 0 spiro atoms. The molecule has 0 atom stereocenters. The second kappa shape index (κ2) is 9.89. The number of ether oxygens (including phenoxy) is 2. The fraction of sp³-hybridized carbons (Fsp3) is 0.231. The number of carbonyl (C=O) groups is 2. The van der Waals surface area contributed by atoms with E-state index in [-0.39, 0.29) is 13.2 Å². The van der Waals surface area contributed by atoms with Gasteiger partial charge in [0.05, 0.1) is 7.11 Å². The van der Waals surface area contributed by atoms with Gasteiger partial charge in [-0.2, -0.15) is 0 Å². The third-order valence-corrected chi connectivity index (χ3v) is 1.82. The molecule has 1 amide bonds. The highest BCUT2D eigenvalue weighted by atomic mass is 16.6. The minimum atomic E-state index is -0.644. The zero-order valence-corrected chi connectivity index (χ0v) is 10.3. The number of amides is 1. The Morgan fingerprint density at radius 3 is 2.39 bits per heavy atom. The summed E-state index contributed by atoms with van der Waals surface area (Å²) in [6, 6.07) is 9.26. The SMILES string of the molecule is C=C.COC(=O)CNC(=O)OCc1ccccc1. The zero-order chi connectivity index (χ0) is 13.8. The fourth-order valence-electron chi connectivity index (χ4n) is 0.991. The molecule has 1 N–H and O–H groups in total. The van der Waals surface area contributed by atoms with E-state index in [0.29, 0.717) is 0 Å². The Bertz CT molecular complexity index is 365.